The Morgan fingerprint density at radius 1 is 1.16 bits per heavy atom. The molecule has 2 N–H and O–H groups in total. The smallest absolute Gasteiger partial charge is 0.306 e. The van der Waals surface area contributed by atoms with Gasteiger partial charge in [-0.25, -0.2) is 23.5 Å². The number of thiazole rings is 1. The van der Waals surface area contributed by atoms with Crippen molar-refractivity contribution in [1.29, 1.82) is 0 Å². The molecular weight excluding hydrogens is 448 g/mol. The molecule has 0 aliphatic heterocycles. The Labute approximate surface area is 190 Å². The number of aromatic nitrogens is 3. The van der Waals surface area contributed by atoms with Gasteiger partial charge in [0.2, 0.25) is 10.0 Å². The van der Waals surface area contributed by atoms with Crippen LogP contribution in [0.15, 0.2) is 47.4 Å². The summed E-state index contributed by atoms with van der Waals surface area (Å²) in [6.07, 6.45) is 2.64. The van der Waals surface area contributed by atoms with Gasteiger partial charge in [-0.15, -0.1) is 11.3 Å². The summed E-state index contributed by atoms with van der Waals surface area (Å²) >= 11 is 1.58. The van der Waals surface area contributed by atoms with E-state index in [1.807, 2.05) is 28.8 Å². The topological polar surface area (TPSA) is 117 Å². The monoisotopic (exact) mass is 472 g/mol. The van der Waals surface area contributed by atoms with Crippen molar-refractivity contribution < 1.29 is 17.9 Å². The molecule has 2 aromatic heterocycles. The lowest BCUT2D eigenvalue weighted by Crippen LogP contribution is -2.12. The normalized spacial score (nSPS) is 11.9. The number of para-hydroxylation sites is 1. The van der Waals surface area contributed by atoms with Gasteiger partial charge in [-0.2, -0.15) is 0 Å². The second-order valence-corrected chi connectivity index (χ2v) is 10.1. The van der Waals surface area contributed by atoms with E-state index >= 15 is 0 Å². The zero-order chi connectivity index (χ0) is 22.7. The van der Waals surface area contributed by atoms with E-state index in [0.717, 1.165) is 33.6 Å². The number of rotatable bonds is 9. The Kier molecular flexibility index (Phi) is 6.54. The van der Waals surface area contributed by atoms with Crippen LogP contribution >= 0.6 is 11.3 Å². The molecule has 4 rings (SSSR count). The molecule has 2 aromatic carbocycles. The van der Waals surface area contributed by atoms with Gasteiger partial charge in [0, 0.05) is 13.0 Å². The Hall–Kier alpha value is -2.82. The molecule has 168 valence electrons. The number of esters is 1. The van der Waals surface area contributed by atoms with Crippen molar-refractivity contribution in [3.05, 3.63) is 53.3 Å². The van der Waals surface area contributed by atoms with E-state index in [1.54, 1.807) is 17.4 Å². The molecule has 0 aliphatic carbocycles. The third kappa shape index (κ3) is 4.98. The van der Waals surface area contributed by atoms with Gasteiger partial charge in [-0.3, -0.25) is 4.79 Å². The van der Waals surface area contributed by atoms with E-state index in [0.29, 0.717) is 24.3 Å². The number of nitrogens with two attached hydrogens (primary N) is 1. The first-order chi connectivity index (χ1) is 15.3. The van der Waals surface area contributed by atoms with Gasteiger partial charge in [0.25, 0.3) is 0 Å². The van der Waals surface area contributed by atoms with E-state index in [2.05, 4.69) is 16.9 Å². The molecule has 8 nitrogen and oxygen atoms in total. The number of hydrogen-bond acceptors (Lipinski definition) is 7. The number of ether oxygens (including phenoxy) is 1. The highest BCUT2D eigenvalue weighted by Gasteiger charge is 2.16. The van der Waals surface area contributed by atoms with Crippen molar-refractivity contribution in [3.8, 4) is 0 Å². The number of aryl methyl sites for hydroxylation is 2. The van der Waals surface area contributed by atoms with E-state index in [4.69, 9.17) is 9.88 Å². The lowest BCUT2D eigenvalue weighted by molar-refractivity contribution is -0.145. The largest absolute Gasteiger partial charge is 0.457 e. The summed E-state index contributed by atoms with van der Waals surface area (Å²) in [5.41, 5.74) is 2.23. The Morgan fingerprint density at radius 3 is 2.72 bits per heavy atom. The quantitative estimate of drug-likeness (QED) is 0.371. The second kappa shape index (κ2) is 9.35. The fraction of sp³-hybridized carbons (Fsp3) is 0.318. The lowest BCUT2D eigenvalue weighted by atomic mass is 10.3. The molecule has 0 aliphatic rings. The summed E-state index contributed by atoms with van der Waals surface area (Å²) in [4.78, 5) is 21.4. The zero-order valence-corrected chi connectivity index (χ0v) is 19.3. The number of primary sulfonamides is 1. The number of fused-ring (bicyclic) bond motifs is 2. The third-order valence-electron chi connectivity index (χ3n) is 5.11. The molecule has 10 heteroatoms. The van der Waals surface area contributed by atoms with Crippen molar-refractivity contribution in [1.82, 2.24) is 14.5 Å². The second-order valence-electron chi connectivity index (χ2n) is 7.46. The van der Waals surface area contributed by atoms with E-state index in [1.165, 1.54) is 12.1 Å². The summed E-state index contributed by atoms with van der Waals surface area (Å²) in [7, 11) is -3.82. The lowest BCUT2D eigenvalue weighted by Gasteiger charge is -2.09. The summed E-state index contributed by atoms with van der Waals surface area (Å²) in [6.45, 7) is 2.79. The maximum absolute atomic E-state index is 12.4. The van der Waals surface area contributed by atoms with Gasteiger partial charge in [0.1, 0.15) is 12.4 Å². The van der Waals surface area contributed by atoms with Gasteiger partial charge >= 0.3 is 5.97 Å². The van der Waals surface area contributed by atoms with Crippen LogP contribution in [0.1, 0.15) is 37.0 Å². The van der Waals surface area contributed by atoms with Crippen LogP contribution in [0, 0.1) is 0 Å². The first kappa shape index (κ1) is 22.4. The SMILES string of the molecule is CCCCn1c(COC(=O)CCc2nc3ccccc3s2)nc2cc(S(N)(=O)=O)ccc21. The van der Waals surface area contributed by atoms with Crippen molar-refractivity contribution in [2.24, 2.45) is 5.14 Å². The van der Waals surface area contributed by atoms with Crippen LogP contribution in [-0.4, -0.2) is 28.9 Å². The Morgan fingerprint density at radius 2 is 1.97 bits per heavy atom. The number of imidazole rings is 1. The van der Waals surface area contributed by atoms with Crippen molar-refractivity contribution in [2.45, 2.75) is 50.7 Å². The van der Waals surface area contributed by atoms with Crippen LogP contribution in [0.25, 0.3) is 21.3 Å². The summed E-state index contributed by atoms with van der Waals surface area (Å²) in [6, 6.07) is 12.5. The molecular formula is C22H24N4O4S2. The predicted molar refractivity (Wildman–Crippen MR) is 124 cm³/mol. The predicted octanol–water partition coefficient (Wildman–Crippen LogP) is 3.77. The van der Waals surface area contributed by atoms with E-state index in [9.17, 15) is 13.2 Å². The maximum atomic E-state index is 12.4. The number of benzene rings is 2. The summed E-state index contributed by atoms with van der Waals surface area (Å²) in [5, 5.41) is 6.14. The number of hydrogen-bond donors (Lipinski definition) is 1. The van der Waals surface area contributed by atoms with E-state index in [-0.39, 0.29) is 23.9 Å². The van der Waals surface area contributed by atoms with Gasteiger partial charge in [0.15, 0.2) is 0 Å². The van der Waals surface area contributed by atoms with Gasteiger partial charge in [0.05, 0.1) is 37.6 Å². The molecule has 0 spiro atoms. The van der Waals surface area contributed by atoms with Crippen molar-refractivity contribution in [2.75, 3.05) is 0 Å². The fourth-order valence-corrected chi connectivity index (χ4v) is 4.97. The highest BCUT2D eigenvalue weighted by atomic mass is 32.2. The molecule has 32 heavy (non-hydrogen) atoms. The molecule has 4 aromatic rings. The highest BCUT2D eigenvalue weighted by Crippen LogP contribution is 2.23. The first-order valence-electron chi connectivity index (χ1n) is 10.4. The number of unbranched alkanes of at least 4 members (excludes halogenated alkanes) is 1. The van der Waals surface area contributed by atoms with Crippen LogP contribution in [0.5, 0.6) is 0 Å². The average Bonchev–Trinajstić information content (AvgIpc) is 3.34. The molecule has 0 atom stereocenters. The van der Waals surface area contributed by atoms with Crippen LogP contribution in [0.4, 0.5) is 0 Å². The highest BCUT2D eigenvalue weighted by molar-refractivity contribution is 7.89. The standard InChI is InChI=1S/C22H24N4O4S2/c1-2-3-12-26-18-9-8-15(32(23,28)29)13-17(18)24-20(26)14-30-22(27)11-10-21-25-16-6-4-5-7-19(16)31-21/h4-9,13H,2-3,10-12,14H2,1H3,(H2,23,28,29). The van der Waals surface area contributed by atoms with Crippen molar-refractivity contribution >= 4 is 48.6 Å². The fourth-order valence-electron chi connectivity index (χ4n) is 3.47. The molecule has 0 fully saturated rings. The average molecular weight is 473 g/mol. The van der Waals surface area contributed by atoms with Gasteiger partial charge < -0.3 is 9.30 Å². The van der Waals surface area contributed by atoms with Crippen LogP contribution < -0.4 is 5.14 Å². The van der Waals surface area contributed by atoms with Crippen LogP contribution in [0.2, 0.25) is 0 Å². The minimum atomic E-state index is -3.82. The van der Waals surface area contributed by atoms with Crippen LogP contribution in [0.3, 0.4) is 0 Å². The molecule has 0 bridgehead atoms. The third-order valence-corrected chi connectivity index (χ3v) is 7.11. The number of carbonyl (C=O) groups is 1. The maximum Gasteiger partial charge on any atom is 0.306 e. The first-order valence-corrected chi connectivity index (χ1v) is 12.7. The Bertz CT molecular complexity index is 1340. The van der Waals surface area contributed by atoms with E-state index < -0.39 is 10.0 Å². The van der Waals surface area contributed by atoms with Gasteiger partial charge in [-0.1, -0.05) is 25.5 Å². The number of nitrogens with zero attached hydrogens (tertiary/aromatic N) is 3. The number of carbonyl (C=O) groups excluding carboxylic acids is 1. The minimum absolute atomic E-state index is 0.00419. The molecule has 2 heterocycles. The summed E-state index contributed by atoms with van der Waals surface area (Å²) in [5.74, 6) is 0.247. The molecule has 0 unspecified atom stereocenters. The van der Waals surface area contributed by atoms with Crippen molar-refractivity contribution in [3.63, 3.8) is 0 Å². The van der Waals surface area contributed by atoms with Gasteiger partial charge in [-0.05, 0) is 36.8 Å². The Balaban J connectivity index is 1.46. The zero-order valence-electron chi connectivity index (χ0n) is 17.7. The molecule has 0 amide bonds. The minimum Gasteiger partial charge on any atom is -0.457 e. The molecule has 0 saturated carbocycles. The summed E-state index contributed by atoms with van der Waals surface area (Å²) < 4.78 is 31.9. The van der Waals surface area contributed by atoms with Crippen LogP contribution in [-0.2, 0) is 39.1 Å². The molecule has 0 radical (unpaired) electrons. The molecule has 0 saturated heterocycles. The number of sulfonamides is 1.